The van der Waals surface area contributed by atoms with Crippen LogP contribution in [0.4, 0.5) is 4.79 Å². The van der Waals surface area contributed by atoms with Crippen molar-refractivity contribution < 1.29 is 19.4 Å². The van der Waals surface area contributed by atoms with Crippen molar-refractivity contribution in [1.82, 2.24) is 4.90 Å². The zero-order chi connectivity index (χ0) is 17.6. The second kappa shape index (κ2) is 6.08. The summed E-state index contributed by atoms with van der Waals surface area (Å²) in [4.78, 5) is 25.6. The van der Waals surface area contributed by atoms with Crippen LogP contribution < -0.4 is 0 Å². The Labute approximate surface area is 152 Å². The van der Waals surface area contributed by atoms with Gasteiger partial charge in [0.1, 0.15) is 11.6 Å². The summed E-state index contributed by atoms with van der Waals surface area (Å²) in [5.74, 6) is -0.341. The van der Waals surface area contributed by atoms with Gasteiger partial charge in [0.15, 0.2) is 0 Å². The first-order valence-corrected chi connectivity index (χ1v) is 9.37. The Morgan fingerprint density at radius 1 is 1.22 bits per heavy atom. The van der Waals surface area contributed by atoms with Crippen LogP contribution in [0.15, 0.2) is 0 Å². The first-order chi connectivity index (χ1) is 10.4. The van der Waals surface area contributed by atoms with Crippen molar-refractivity contribution in [2.45, 2.75) is 75.4 Å². The van der Waals surface area contributed by atoms with Gasteiger partial charge in [-0.3, -0.25) is 4.90 Å². The maximum absolute atomic E-state index is 12.5. The molecule has 0 unspecified atom stereocenters. The van der Waals surface area contributed by atoms with Gasteiger partial charge < -0.3 is 9.84 Å². The van der Waals surface area contributed by atoms with Crippen LogP contribution in [-0.4, -0.2) is 43.7 Å². The number of carboxylic acid groups (broad SMARTS) is 1. The van der Waals surface area contributed by atoms with E-state index >= 15 is 0 Å². The van der Waals surface area contributed by atoms with E-state index in [1.807, 2.05) is 0 Å². The van der Waals surface area contributed by atoms with Crippen LogP contribution >= 0.6 is 22.6 Å². The summed E-state index contributed by atoms with van der Waals surface area (Å²) < 4.78 is 5.19. The fraction of sp³-hybridized carbons (Fsp3) is 0.882. The largest absolute Gasteiger partial charge is 0.480 e. The lowest BCUT2D eigenvalue weighted by Crippen LogP contribution is -2.49. The van der Waals surface area contributed by atoms with E-state index in [0.717, 1.165) is 0 Å². The lowest BCUT2D eigenvalue weighted by atomic mass is 9.61. The first kappa shape index (κ1) is 18.8. The number of aliphatic carboxylic acids is 1. The highest BCUT2D eigenvalue weighted by molar-refractivity contribution is 14.1. The number of hydrogen-bond acceptors (Lipinski definition) is 3. The third-order valence-electron chi connectivity index (χ3n) is 5.51. The lowest BCUT2D eigenvalue weighted by Gasteiger charge is -2.49. The monoisotopic (exact) mass is 437 g/mol. The van der Waals surface area contributed by atoms with Gasteiger partial charge in [0, 0.05) is 9.97 Å². The highest BCUT2D eigenvalue weighted by atomic mass is 127. The molecule has 1 N–H and O–H groups in total. The minimum absolute atomic E-state index is 0.00370. The van der Waals surface area contributed by atoms with Crippen molar-refractivity contribution in [2.24, 2.45) is 11.3 Å². The molecule has 1 amide bonds. The topological polar surface area (TPSA) is 66.8 Å². The van der Waals surface area contributed by atoms with E-state index in [0.29, 0.717) is 18.9 Å². The SMILES string of the molecule is CC(C)(C)OC(=O)N1C[C@@](I)(C(C)(C)C2CCC2)C[C@H]1C(=O)O. The molecule has 0 aromatic heterocycles. The number of carbonyl (C=O) groups is 2. The normalized spacial score (nSPS) is 29.3. The van der Waals surface area contributed by atoms with Gasteiger partial charge in [0.2, 0.25) is 0 Å². The molecule has 1 heterocycles. The van der Waals surface area contributed by atoms with Crippen LogP contribution in [-0.2, 0) is 9.53 Å². The number of nitrogens with zero attached hydrogens (tertiary/aromatic N) is 1. The Morgan fingerprint density at radius 3 is 2.17 bits per heavy atom. The average molecular weight is 437 g/mol. The van der Waals surface area contributed by atoms with E-state index in [-0.39, 0.29) is 8.84 Å². The summed E-state index contributed by atoms with van der Waals surface area (Å²) >= 11 is 2.40. The standard InChI is InChI=1S/C17H28INO4/c1-15(2,3)23-14(22)19-10-17(18,9-12(19)13(20)21)16(4,5)11-7-6-8-11/h11-12H,6-10H2,1-5H3,(H,20,21)/t12-,17+/m0/s1. The van der Waals surface area contributed by atoms with E-state index in [1.54, 1.807) is 20.8 Å². The van der Waals surface area contributed by atoms with Crippen LogP contribution in [0.25, 0.3) is 0 Å². The summed E-state index contributed by atoms with van der Waals surface area (Å²) in [5, 5.41) is 9.59. The number of carbonyl (C=O) groups excluding carboxylic acids is 1. The molecular weight excluding hydrogens is 409 g/mol. The number of rotatable bonds is 3. The van der Waals surface area contributed by atoms with Crippen molar-refractivity contribution in [3.8, 4) is 0 Å². The summed E-state index contributed by atoms with van der Waals surface area (Å²) in [5.41, 5.74) is -0.629. The molecule has 1 aliphatic carbocycles. The van der Waals surface area contributed by atoms with Crippen LogP contribution in [0.1, 0.15) is 60.3 Å². The van der Waals surface area contributed by atoms with Gasteiger partial charge in [-0.2, -0.15) is 0 Å². The van der Waals surface area contributed by atoms with Gasteiger partial charge in [0.05, 0.1) is 0 Å². The molecule has 2 fully saturated rings. The summed E-state index contributed by atoms with van der Waals surface area (Å²) in [6, 6.07) is -0.805. The zero-order valence-electron chi connectivity index (χ0n) is 14.7. The van der Waals surface area contributed by atoms with Crippen LogP contribution in [0.2, 0.25) is 0 Å². The molecule has 6 heteroatoms. The van der Waals surface area contributed by atoms with Crippen LogP contribution in [0.3, 0.4) is 0 Å². The fourth-order valence-corrected chi connectivity index (χ4v) is 4.78. The third-order valence-corrected chi connectivity index (χ3v) is 7.68. The van der Waals surface area contributed by atoms with Crippen LogP contribution in [0, 0.1) is 11.3 Å². The quantitative estimate of drug-likeness (QED) is 0.534. The molecule has 5 nitrogen and oxygen atoms in total. The molecule has 2 atom stereocenters. The number of halogens is 1. The smallest absolute Gasteiger partial charge is 0.411 e. The molecule has 0 aromatic rings. The van der Waals surface area contributed by atoms with Crippen molar-refractivity contribution in [3.05, 3.63) is 0 Å². The number of hydrogen-bond donors (Lipinski definition) is 1. The minimum Gasteiger partial charge on any atom is -0.480 e. The number of carboxylic acids is 1. The molecule has 132 valence electrons. The van der Waals surface area contributed by atoms with Gasteiger partial charge in [-0.1, -0.05) is 42.9 Å². The van der Waals surface area contributed by atoms with E-state index in [1.165, 1.54) is 24.2 Å². The maximum atomic E-state index is 12.5. The highest BCUT2D eigenvalue weighted by Crippen LogP contribution is 2.56. The second-order valence-corrected chi connectivity index (χ2v) is 10.5. The Balaban J connectivity index is 2.23. The summed E-state index contributed by atoms with van der Waals surface area (Å²) in [6.07, 6.45) is 3.60. The Kier molecular flexibility index (Phi) is 4.97. The first-order valence-electron chi connectivity index (χ1n) is 8.29. The third kappa shape index (κ3) is 3.61. The van der Waals surface area contributed by atoms with Gasteiger partial charge in [-0.25, -0.2) is 9.59 Å². The zero-order valence-corrected chi connectivity index (χ0v) is 16.8. The van der Waals surface area contributed by atoms with Crippen LogP contribution in [0.5, 0.6) is 0 Å². The Hall–Kier alpha value is -0.530. The molecule has 0 spiro atoms. The van der Waals surface area contributed by atoms with Crippen molar-refractivity contribution in [3.63, 3.8) is 0 Å². The molecule has 2 rings (SSSR count). The predicted molar refractivity (Wildman–Crippen MR) is 96.9 cm³/mol. The highest BCUT2D eigenvalue weighted by Gasteiger charge is 2.58. The Bertz CT molecular complexity index is 495. The molecular formula is C17H28INO4. The average Bonchev–Trinajstić information content (AvgIpc) is 2.64. The molecule has 23 heavy (non-hydrogen) atoms. The van der Waals surface area contributed by atoms with E-state index < -0.39 is 23.7 Å². The second-order valence-electron chi connectivity index (χ2n) is 8.48. The van der Waals surface area contributed by atoms with E-state index in [9.17, 15) is 14.7 Å². The van der Waals surface area contributed by atoms with Crippen molar-refractivity contribution >= 4 is 34.7 Å². The molecule has 2 aliphatic rings. The fourth-order valence-electron chi connectivity index (χ4n) is 3.56. The number of alkyl halides is 1. The van der Waals surface area contributed by atoms with Gasteiger partial charge in [-0.05, 0) is 51.4 Å². The van der Waals surface area contributed by atoms with Gasteiger partial charge in [0.25, 0.3) is 0 Å². The number of likely N-dealkylation sites (tertiary alicyclic amines) is 1. The maximum Gasteiger partial charge on any atom is 0.411 e. The van der Waals surface area contributed by atoms with Gasteiger partial charge in [-0.15, -0.1) is 0 Å². The number of ether oxygens (including phenoxy) is 1. The molecule has 1 aliphatic heterocycles. The van der Waals surface area contributed by atoms with Gasteiger partial charge >= 0.3 is 12.1 Å². The molecule has 0 aromatic carbocycles. The molecule has 0 radical (unpaired) electrons. The molecule has 1 saturated heterocycles. The van der Waals surface area contributed by atoms with E-state index in [4.69, 9.17) is 4.74 Å². The lowest BCUT2D eigenvalue weighted by molar-refractivity contribution is -0.142. The van der Waals surface area contributed by atoms with Crippen molar-refractivity contribution in [2.75, 3.05) is 6.54 Å². The van der Waals surface area contributed by atoms with Crippen molar-refractivity contribution in [1.29, 1.82) is 0 Å². The molecule has 0 bridgehead atoms. The predicted octanol–water partition coefficient (Wildman–Crippen LogP) is 4.08. The number of amides is 1. The molecule has 1 saturated carbocycles. The minimum atomic E-state index is -0.946. The Morgan fingerprint density at radius 2 is 1.78 bits per heavy atom. The van der Waals surface area contributed by atoms with E-state index in [2.05, 4.69) is 36.4 Å². The summed E-state index contributed by atoms with van der Waals surface area (Å²) in [7, 11) is 0. The summed E-state index contributed by atoms with van der Waals surface area (Å²) in [6.45, 7) is 10.3.